The smallest absolute Gasteiger partial charge is 0.306 e. The van der Waals surface area contributed by atoms with Gasteiger partial charge >= 0.3 is 11.9 Å². The van der Waals surface area contributed by atoms with Gasteiger partial charge in [0.25, 0.3) is 0 Å². The minimum absolute atomic E-state index is 0.0959. The number of aliphatic hydroxyl groups is 8. The SMILES string of the molecule is CCCCCCCCCCCCC(CSCCC(=O)OC[C@H]1OC(O)[C@@H](O)[C@@H](O)[C@@H]1O)SCCC(=O)OC[C@H]1OC(O)[C@@H](O)[C@@H](O)[C@@H]1O. The van der Waals surface area contributed by atoms with Crippen molar-refractivity contribution in [2.75, 3.05) is 30.5 Å². The van der Waals surface area contributed by atoms with E-state index in [1.807, 2.05) is 0 Å². The lowest BCUT2D eigenvalue weighted by atomic mass is 9.99. The first kappa shape index (κ1) is 43.4. The molecule has 8 N–H and O–H groups in total. The molecule has 2 rings (SSSR count). The van der Waals surface area contributed by atoms with Crippen molar-refractivity contribution in [2.45, 2.75) is 157 Å². The fourth-order valence-electron chi connectivity index (χ4n) is 5.39. The van der Waals surface area contributed by atoms with Gasteiger partial charge in [-0.3, -0.25) is 9.59 Å². The molecule has 0 aliphatic carbocycles. The highest BCUT2D eigenvalue weighted by atomic mass is 32.2. The third-order valence-electron chi connectivity index (χ3n) is 8.49. The van der Waals surface area contributed by atoms with Crippen molar-refractivity contribution >= 4 is 35.5 Å². The van der Waals surface area contributed by atoms with E-state index in [0.717, 1.165) is 25.0 Å². The van der Waals surface area contributed by atoms with Crippen LogP contribution in [0.1, 0.15) is 90.4 Å². The standard InChI is InChI=1S/C32H58O14S2/c1-2-3-4-5-6-7-8-9-10-11-12-20(48-16-14-24(34)44-18-22-26(36)28(38)30(40)32(42)46-22)19-47-15-13-23(33)43-17-21-25(35)27(37)29(39)31(41)45-21/h20-22,25-32,35-42H,2-19H2,1H3/t20?,21-,22-,25-,26-,27+,28+,29+,30+,31?,32?/m1/s1. The summed E-state index contributed by atoms with van der Waals surface area (Å²) in [5.41, 5.74) is 0. The zero-order valence-electron chi connectivity index (χ0n) is 27.9. The number of hydrogen-bond acceptors (Lipinski definition) is 16. The Kier molecular flexibility index (Phi) is 22.1. The van der Waals surface area contributed by atoms with Gasteiger partial charge in [-0.25, -0.2) is 0 Å². The summed E-state index contributed by atoms with van der Waals surface area (Å²) in [5.74, 6) is 0.646. The summed E-state index contributed by atoms with van der Waals surface area (Å²) in [4.78, 5) is 24.6. The van der Waals surface area contributed by atoms with Gasteiger partial charge in [-0.15, -0.1) is 0 Å². The number of esters is 2. The van der Waals surface area contributed by atoms with Gasteiger partial charge < -0.3 is 59.8 Å². The largest absolute Gasteiger partial charge is 0.463 e. The lowest BCUT2D eigenvalue weighted by molar-refractivity contribution is -0.287. The molecule has 0 spiro atoms. The highest BCUT2D eigenvalue weighted by Crippen LogP contribution is 2.25. The maximum absolute atomic E-state index is 12.4. The summed E-state index contributed by atoms with van der Waals surface area (Å²) in [6.45, 7) is 1.45. The number of aliphatic hydroxyl groups excluding tert-OH is 8. The second kappa shape index (κ2) is 24.4. The first-order valence-corrected chi connectivity index (χ1v) is 19.4. The van der Waals surface area contributed by atoms with Crippen LogP contribution in [0.25, 0.3) is 0 Å². The van der Waals surface area contributed by atoms with Crippen LogP contribution in [0.15, 0.2) is 0 Å². The van der Waals surface area contributed by atoms with Crippen LogP contribution in [-0.4, -0.2) is 150 Å². The van der Waals surface area contributed by atoms with Crippen molar-refractivity contribution in [1.82, 2.24) is 0 Å². The maximum Gasteiger partial charge on any atom is 0.306 e. The molecule has 3 unspecified atom stereocenters. The Hall–Kier alpha value is -0.760. The lowest BCUT2D eigenvalue weighted by Gasteiger charge is -2.37. The molecule has 0 aromatic carbocycles. The molecular formula is C32H58O14S2. The van der Waals surface area contributed by atoms with Crippen LogP contribution in [0.5, 0.6) is 0 Å². The van der Waals surface area contributed by atoms with E-state index < -0.39 is 73.4 Å². The van der Waals surface area contributed by atoms with Crippen LogP contribution < -0.4 is 0 Å². The van der Waals surface area contributed by atoms with E-state index >= 15 is 0 Å². The average Bonchev–Trinajstić information content (AvgIpc) is 3.07. The van der Waals surface area contributed by atoms with Crippen molar-refractivity contribution in [2.24, 2.45) is 0 Å². The molecule has 16 heteroatoms. The minimum Gasteiger partial charge on any atom is -0.463 e. The van der Waals surface area contributed by atoms with E-state index in [1.165, 1.54) is 51.4 Å². The van der Waals surface area contributed by atoms with Crippen molar-refractivity contribution in [3.8, 4) is 0 Å². The molecular weight excluding hydrogens is 672 g/mol. The van der Waals surface area contributed by atoms with Gasteiger partial charge in [0, 0.05) is 22.5 Å². The van der Waals surface area contributed by atoms with E-state index in [1.54, 1.807) is 23.5 Å². The van der Waals surface area contributed by atoms with E-state index in [9.17, 15) is 50.4 Å². The fourth-order valence-corrected chi connectivity index (χ4v) is 7.92. The van der Waals surface area contributed by atoms with Crippen LogP contribution in [0, 0.1) is 0 Å². The molecule has 11 atom stereocenters. The third kappa shape index (κ3) is 16.1. The summed E-state index contributed by atoms with van der Waals surface area (Å²) in [7, 11) is 0. The zero-order chi connectivity index (χ0) is 35.5. The molecule has 2 fully saturated rings. The quantitative estimate of drug-likeness (QED) is 0.0502. The number of hydrogen-bond donors (Lipinski definition) is 8. The summed E-state index contributed by atoms with van der Waals surface area (Å²) < 4.78 is 20.4. The molecule has 14 nitrogen and oxygen atoms in total. The molecule has 48 heavy (non-hydrogen) atoms. The van der Waals surface area contributed by atoms with Crippen molar-refractivity contribution in [1.29, 1.82) is 0 Å². The van der Waals surface area contributed by atoms with E-state index in [0.29, 0.717) is 11.5 Å². The molecule has 282 valence electrons. The second-order valence-electron chi connectivity index (χ2n) is 12.5. The molecule has 0 aromatic heterocycles. The maximum atomic E-state index is 12.4. The summed E-state index contributed by atoms with van der Waals surface area (Å²) in [5, 5.41) is 78.3. The highest BCUT2D eigenvalue weighted by Gasteiger charge is 2.44. The minimum atomic E-state index is -1.70. The van der Waals surface area contributed by atoms with Gasteiger partial charge in [-0.05, 0) is 6.42 Å². The second-order valence-corrected chi connectivity index (χ2v) is 15.0. The van der Waals surface area contributed by atoms with Crippen LogP contribution in [0.3, 0.4) is 0 Å². The van der Waals surface area contributed by atoms with Crippen LogP contribution in [0.2, 0.25) is 0 Å². The molecule has 0 bridgehead atoms. The first-order valence-electron chi connectivity index (χ1n) is 17.2. The van der Waals surface area contributed by atoms with Gasteiger partial charge in [0.15, 0.2) is 12.6 Å². The Labute approximate surface area is 291 Å². The Morgan fingerprint density at radius 2 is 1.04 bits per heavy atom. The molecule has 0 radical (unpaired) electrons. The Bertz CT molecular complexity index is 888. The van der Waals surface area contributed by atoms with Gasteiger partial charge in [0.2, 0.25) is 0 Å². The van der Waals surface area contributed by atoms with Crippen LogP contribution in [0.4, 0.5) is 0 Å². The fraction of sp³-hybridized carbons (Fsp3) is 0.938. The molecule has 0 amide bonds. The summed E-state index contributed by atoms with van der Waals surface area (Å²) >= 11 is 3.22. The average molecular weight is 731 g/mol. The van der Waals surface area contributed by atoms with Crippen LogP contribution >= 0.6 is 23.5 Å². The predicted molar refractivity (Wildman–Crippen MR) is 179 cm³/mol. The Balaban J connectivity index is 1.71. The number of ether oxygens (including phenoxy) is 4. The molecule has 2 saturated heterocycles. The summed E-state index contributed by atoms with van der Waals surface area (Å²) in [6.07, 6.45) is -1.97. The van der Waals surface area contributed by atoms with Crippen molar-refractivity contribution in [3.05, 3.63) is 0 Å². The number of thioether (sulfide) groups is 2. The van der Waals surface area contributed by atoms with Gasteiger partial charge in [-0.2, -0.15) is 23.5 Å². The molecule has 2 aliphatic heterocycles. The predicted octanol–water partition coefficient (Wildman–Crippen LogP) is 0.599. The highest BCUT2D eigenvalue weighted by molar-refractivity contribution is 8.03. The Morgan fingerprint density at radius 3 is 1.52 bits per heavy atom. The monoisotopic (exact) mass is 730 g/mol. The lowest BCUT2D eigenvalue weighted by Crippen LogP contribution is -2.58. The molecule has 2 heterocycles. The molecule has 2 aliphatic rings. The van der Waals surface area contributed by atoms with Crippen molar-refractivity contribution < 1.29 is 69.4 Å². The normalized spacial score (nSPS) is 31.4. The number of unbranched alkanes of at least 4 members (excludes halogenated alkanes) is 9. The van der Waals surface area contributed by atoms with Gasteiger partial charge in [-0.1, -0.05) is 71.1 Å². The van der Waals surface area contributed by atoms with Crippen molar-refractivity contribution in [3.63, 3.8) is 0 Å². The molecule has 0 aromatic rings. The van der Waals surface area contributed by atoms with E-state index in [4.69, 9.17) is 18.9 Å². The van der Waals surface area contributed by atoms with E-state index in [-0.39, 0.29) is 31.3 Å². The number of carbonyl (C=O) groups is 2. The van der Waals surface area contributed by atoms with Gasteiger partial charge in [0.1, 0.15) is 62.0 Å². The molecule has 0 saturated carbocycles. The zero-order valence-corrected chi connectivity index (χ0v) is 29.6. The van der Waals surface area contributed by atoms with Gasteiger partial charge in [0.05, 0.1) is 12.8 Å². The number of rotatable bonds is 24. The summed E-state index contributed by atoms with van der Waals surface area (Å²) in [6, 6.07) is 0. The third-order valence-corrected chi connectivity index (χ3v) is 11.1. The number of carbonyl (C=O) groups excluding carboxylic acids is 2. The topological polar surface area (TPSA) is 233 Å². The van der Waals surface area contributed by atoms with Crippen LogP contribution in [-0.2, 0) is 28.5 Å². The van der Waals surface area contributed by atoms with E-state index in [2.05, 4.69) is 6.92 Å². The first-order chi connectivity index (χ1) is 23.0. The Morgan fingerprint density at radius 1 is 0.604 bits per heavy atom.